The quantitative estimate of drug-likeness (QED) is 0.609. The topological polar surface area (TPSA) is 68.5 Å². The van der Waals surface area contributed by atoms with Crippen molar-refractivity contribution in [3.63, 3.8) is 0 Å². The average Bonchev–Trinajstić information content (AvgIpc) is 2.99. The van der Waals surface area contributed by atoms with Gasteiger partial charge in [0.25, 0.3) is 5.91 Å². The lowest BCUT2D eigenvalue weighted by Gasteiger charge is -2.08. The zero-order valence-electron chi connectivity index (χ0n) is 17.4. The normalized spacial score (nSPS) is 12.8. The van der Waals surface area contributed by atoms with Gasteiger partial charge in [0.15, 0.2) is 14.6 Å². The minimum absolute atomic E-state index is 0.137. The molecule has 0 bridgehead atoms. The van der Waals surface area contributed by atoms with Crippen molar-refractivity contribution in [3.05, 3.63) is 57.9 Å². The van der Waals surface area contributed by atoms with Crippen molar-refractivity contribution < 1.29 is 13.2 Å². The highest BCUT2D eigenvalue weighted by molar-refractivity contribution is 7.92. The third kappa shape index (κ3) is 4.36. The van der Waals surface area contributed by atoms with Crippen LogP contribution < -0.4 is 4.80 Å². The monoisotopic (exact) mass is 430 g/mol. The van der Waals surface area contributed by atoms with Gasteiger partial charge in [-0.1, -0.05) is 29.5 Å². The third-order valence-corrected chi connectivity index (χ3v) is 8.28. The van der Waals surface area contributed by atoms with Crippen LogP contribution in [0.3, 0.4) is 0 Å². The molecule has 29 heavy (non-hydrogen) atoms. The summed E-state index contributed by atoms with van der Waals surface area (Å²) in [6.45, 7) is 10.2. The van der Waals surface area contributed by atoms with Gasteiger partial charge < -0.3 is 4.57 Å². The summed E-state index contributed by atoms with van der Waals surface area (Å²) in [5.41, 5.74) is 4.22. The molecule has 0 aliphatic carbocycles. The van der Waals surface area contributed by atoms with Gasteiger partial charge in [-0.05, 0) is 69.5 Å². The minimum Gasteiger partial charge on any atom is -0.317 e. The van der Waals surface area contributed by atoms with Gasteiger partial charge in [0, 0.05) is 6.54 Å². The smallest absolute Gasteiger partial charge is 0.252 e. The van der Waals surface area contributed by atoms with E-state index in [1.807, 2.05) is 6.92 Å². The summed E-state index contributed by atoms with van der Waals surface area (Å²) in [5.74, 6) is -0.243. The molecule has 1 aromatic heterocycles. The molecule has 1 heterocycles. The van der Waals surface area contributed by atoms with Crippen molar-refractivity contribution in [2.45, 2.75) is 57.7 Å². The standard InChI is InChI=1S/C22H26N2O3S2/c1-6-24-19-12-15(4)11-16(5)21(19)28-22(24)23-20(25)13-17-7-9-18(10-8-17)29(26,27)14(2)3/h7-12,14H,6,13H2,1-5H3. The number of rotatable bonds is 5. The van der Waals surface area contributed by atoms with Crippen LogP contribution in [0.1, 0.15) is 37.5 Å². The molecular formula is C22H26N2O3S2. The van der Waals surface area contributed by atoms with Gasteiger partial charge in [0.05, 0.1) is 26.8 Å². The minimum atomic E-state index is -3.31. The second-order valence-electron chi connectivity index (χ2n) is 7.48. The van der Waals surface area contributed by atoms with Gasteiger partial charge >= 0.3 is 0 Å². The zero-order chi connectivity index (χ0) is 21.3. The molecule has 1 amide bonds. The van der Waals surface area contributed by atoms with Crippen LogP contribution in [0.4, 0.5) is 0 Å². The molecule has 2 aromatic carbocycles. The summed E-state index contributed by atoms with van der Waals surface area (Å²) in [5, 5.41) is -0.477. The maximum Gasteiger partial charge on any atom is 0.252 e. The third-order valence-electron chi connectivity index (χ3n) is 4.88. The fourth-order valence-corrected chi connectivity index (χ4v) is 5.51. The van der Waals surface area contributed by atoms with Crippen LogP contribution in [0.25, 0.3) is 10.2 Å². The molecule has 3 rings (SSSR count). The molecule has 0 aliphatic rings. The molecule has 0 fully saturated rings. The van der Waals surface area contributed by atoms with Crippen LogP contribution in [-0.2, 0) is 27.6 Å². The Morgan fingerprint density at radius 3 is 2.38 bits per heavy atom. The molecule has 0 aliphatic heterocycles. The highest BCUT2D eigenvalue weighted by Crippen LogP contribution is 2.23. The van der Waals surface area contributed by atoms with Crippen molar-refractivity contribution >= 4 is 37.3 Å². The Bertz CT molecular complexity index is 1230. The predicted octanol–water partition coefficient (Wildman–Crippen LogP) is 4.19. The van der Waals surface area contributed by atoms with E-state index in [-0.39, 0.29) is 17.2 Å². The van der Waals surface area contributed by atoms with Gasteiger partial charge in [-0.2, -0.15) is 4.99 Å². The maximum absolute atomic E-state index is 12.6. The van der Waals surface area contributed by atoms with Crippen molar-refractivity contribution in [2.75, 3.05) is 0 Å². The van der Waals surface area contributed by atoms with Gasteiger partial charge in [0.1, 0.15) is 0 Å². The van der Waals surface area contributed by atoms with Gasteiger partial charge in [0.2, 0.25) is 0 Å². The molecule has 3 aromatic rings. The fraction of sp³-hybridized carbons (Fsp3) is 0.364. The van der Waals surface area contributed by atoms with Gasteiger partial charge in [-0.25, -0.2) is 8.42 Å². The molecule has 0 radical (unpaired) electrons. The first-order valence-electron chi connectivity index (χ1n) is 9.64. The largest absolute Gasteiger partial charge is 0.317 e. The second kappa shape index (κ2) is 8.24. The van der Waals surface area contributed by atoms with E-state index in [2.05, 4.69) is 35.5 Å². The summed E-state index contributed by atoms with van der Waals surface area (Å²) in [7, 11) is -3.31. The Hall–Kier alpha value is -2.25. The van der Waals surface area contributed by atoms with E-state index in [4.69, 9.17) is 0 Å². The molecule has 7 heteroatoms. The van der Waals surface area contributed by atoms with Crippen LogP contribution in [0, 0.1) is 13.8 Å². The Kier molecular flexibility index (Phi) is 6.10. The number of carbonyl (C=O) groups is 1. The number of hydrogen-bond acceptors (Lipinski definition) is 4. The summed E-state index contributed by atoms with van der Waals surface area (Å²) in [4.78, 5) is 17.9. The average molecular weight is 431 g/mol. The highest BCUT2D eigenvalue weighted by Gasteiger charge is 2.19. The molecule has 0 saturated carbocycles. The Labute approximate surface area is 175 Å². The van der Waals surface area contributed by atoms with Crippen molar-refractivity contribution in [1.29, 1.82) is 0 Å². The summed E-state index contributed by atoms with van der Waals surface area (Å²) in [6.07, 6.45) is 0.137. The van der Waals surface area contributed by atoms with Gasteiger partial charge in [-0.15, -0.1) is 0 Å². The molecule has 0 saturated heterocycles. The van der Waals surface area contributed by atoms with Gasteiger partial charge in [-0.3, -0.25) is 4.79 Å². The lowest BCUT2D eigenvalue weighted by atomic mass is 10.1. The summed E-state index contributed by atoms with van der Waals surface area (Å²) >= 11 is 1.53. The van der Waals surface area contributed by atoms with E-state index >= 15 is 0 Å². The number of nitrogens with zero attached hydrogens (tertiary/aromatic N) is 2. The van der Waals surface area contributed by atoms with Crippen LogP contribution in [0.15, 0.2) is 46.3 Å². The van der Waals surface area contributed by atoms with E-state index in [9.17, 15) is 13.2 Å². The summed E-state index contributed by atoms with van der Waals surface area (Å²) in [6, 6.07) is 10.8. The lowest BCUT2D eigenvalue weighted by Crippen LogP contribution is -2.16. The van der Waals surface area contributed by atoms with E-state index in [0.717, 1.165) is 22.3 Å². The number of hydrogen-bond donors (Lipinski definition) is 0. The van der Waals surface area contributed by atoms with Crippen molar-refractivity contribution in [3.8, 4) is 0 Å². The van der Waals surface area contributed by atoms with Crippen LogP contribution >= 0.6 is 11.3 Å². The molecule has 154 valence electrons. The number of fused-ring (bicyclic) bond motifs is 1. The first-order chi connectivity index (χ1) is 13.6. The summed E-state index contributed by atoms with van der Waals surface area (Å²) < 4.78 is 27.7. The van der Waals surface area contributed by atoms with Crippen molar-refractivity contribution in [2.24, 2.45) is 4.99 Å². The highest BCUT2D eigenvalue weighted by atomic mass is 32.2. The van der Waals surface area contributed by atoms with Crippen molar-refractivity contribution in [1.82, 2.24) is 4.57 Å². The van der Waals surface area contributed by atoms with E-state index < -0.39 is 15.1 Å². The number of amides is 1. The number of sulfone groups is 1. The number of carbonyl (C=O) groups excluding carboxylic acids is 1. The molecule has 5 nitrogen and oxygen atoms in total. The predicted molar refractivity (Wildman–Crippen MR) is 118 cm³/mol. The number of benzene rings is 2. The second-order valence-corrected chi connectivity index (χ2v) is 11.0. The lowest BCUT2D eigenvalue weighted by molar-refractivity contribution is -0.117. The number of thiazole rings is 1. The van der Waals surface area contributed by atoms with E-state index in [1.165, 1.54) is 22.5 Å². The molecule has 0 unspecified atom stereocenters. The van der Waals surface area contributed by atoms with Crippen LogP contribution in [-0.4, -0.2) is 24.1 Å². The van der Waals surface area contributed by atoms with Crippen LogP contribution in [0.5, 0.6) is 0 Å². The molecule has 0 spiro atoms. The van der Waals surface area contributed by atoms with Crippen LogP contribution in [0.2, 0.25) is 0 Å². The number of aromatic nitrogens is 1. The zero-order valence-corrected chi connectivity index (χ0v) is 19.0. The molecular weight excluding hydrogens is 404 g/mol. The Morgan fingerprint density at radius 2 is 1.79 bits per heavy atom. The maximum atomic E-state index is 12.6. The van der Waals surface area contributed by atoms with E-state index in [0.29, 0.717) is 4.80 Å². The first-order valence-corrected chi connectivity index (χ1v) is 12.0. The SMILES string of the molecule is CCn1c(=NC(=O)Cc2ccc(S(=O)(=O)C(C)C)cc2)sc2c(C)cc(C)cc21. The first kappa shape index (κ1) is 21.5. The molecule has 0 N–H and O–H groups in total. The number of aryl methyl sites for hydroxylation is 3. The van der Waals surface area contributed by atoms with E-state index in [1.54, 1.807) is 38.1 Å². The molecule has 0 atom stereocenters. The Morgan fingerprint density at radius 1 is 1.14 bits per heavy atom. The fourth-order valence-electron chi connectivity index (χ4n) is 3.29. The Balaban J connectivity index is 1.91.